The summed E-state index contributed by atoms with van der Waals surface area (Å²) in [7, 11) is 0. The van der Waals surface area contributed by atoms with Gasteiger partial charge in [0, 0.05) is 11.3 Å². The Morgan fingerprint density at radius 1 is 1.00 bits per heavy atom. The molecule has 3 aromatic rings. The van der Waals surface area contributed by atoms with Crippen LogP contribution >= 0.6 is 0 Å². The number of nitriles is 1. The molecule has 3 rings (SSSR count). The number of nitrogens with one attached hydrogen (secondary N) is 1. The fourth-order valence-corrected chi connectivity index (χ4v) is 2.55. The molecular weight excluding hydrogens is 326 g/mol. The molecule has 0 amide bonds. The van der Waals surface area contributed by atoms with Crippen LogP contribution in [0.25, 0.3) is 11.1 Å². The molecule has 0 saturated carbocycles. The highest BCUT2D eigenvalue weighted by Gasteiger charge is 2.06. The maximum Gasteiger partial charge on any atom is 0.170 e. The molecule has 0 aromatic heterocycles. The van der Waals surface area contributed by atoms with E-state index in [0.29, 0.717) is 22.5 Å². The molecule has 0 spiro atoms. The molecule has 6 nitrogen and oxygen atoms in total. The summed E-state index contributed by atoms with van der Waals surface area (Å²) >= 11 is 0. The van der Waals surface area contributed by atoms with Gasteiger partial charge in [-0.1, -0.05) is 29.4 Å². The first-order valence-corrected chi connectivity index (χ1v) is 7.86. The van der Waals surface area contributed by atoms with Crippen molar-refractivity contribution in [3.05, 3.63) is 77.9 Å². The number of nitrogens with two attached hydrogens (primary N) is 2. The third kappa shape index (κ3) is 3.57. The highest BCUT2D eigenvalue weighted by atomic mass is 16.4. The highest BCUT2D eigenvalue weighted by Crippen LogP contribution is 2.28. The molecule has 0 saturated heterocycles. The average Bonchev–Trinajstić information content (AvgIpc) is 2.69. The topological polar surface area (TPSA) is 120 Å². The van der Waals surface area contributed by atoms with E-state index < -0.39 is 0 Å². The number of hydrogen-bond acceptors (Lipinski definition) is 5. The molecule has 0 atom stereocenters. The third-order valence-electron chi connectivity index (χ3n) is 3.95. The number of oxime groups is 1. The Balaban J connectivity index is 1.90. The Morgan fingerprint density at radius 2 is 1.77 bits per heavy atom. The first-order valence-electron chi connectivity index (χ1n) is 7.86. The zero-order chi connectivity index (χ0) is 18.5. The minimum Gasteiger partial charge on any atom is -0.409 e. The number of hydrogen-bond donors (Lipinski definition) is 4. The van der Waals surface area contributed by atoms with Crippen LogP contribution in [0, 0.1) is 11.3 Å². The Kier molecular flexibility index (Phi) is 4.72. The minimum atomic E-state index is 0.0133. The Morgan fingerprint density at radius 3 is 2.46 bits per heavy atom. The molecule has 6 heteroatoms. The summed E-state index contributed by atoms with van der Waals surface area (Å²) in [4.78, 5) is 0. The second-order valence-corrected chi connectivity index (χ2v) is 5.68. The molecule has 6 N–H and O–H groups in total. The lowest BCUT2D eigenvalue weighted by molar-refractivity contribution is 0.318. The van der Waals surface area contributed by atoms with Gasteiger partial charge in [0.05, 0.1) is 23.0 Å². The predicted octanol–water partition coefficient (Wildman–Crippen LogP) is 3.65. The van der Waals surface area contributed by atoms with Gasteiger partial charge in [-0.2, -0.15) is 5.26 Å². The van der Waals surface area contributed by atoms with E-state index in [1.54, 1.807) is 30.3 Å². The molecule has 0 radical (unpaired) electrons. The molecule has 0 aliphatic heterocycles. The van der Waals surface area contributed by atoms with Gasteiger partial charge >= 0.3 is 0 Å². The second-order valence-electron chi connectivity index (χ2n) is 5.68. The van der Waals surface area contributed by atoms with Crippen molar-refractivity contribution in [3.63, 3.8) is 0 Å². The van der Waals surface area contributed by atoms with Crippen LogP contribution in [0.4, 0.5) is 17.1 Å². The van der Waals surface area contributed by atoms with E-state index >= 15 is 0 Å². The van der Waals surface area contributed by atoms with Gasteiger partial charge in [0.25, 0.3) is 0 Å². The summed E-state index contributed by atoms with van der Waals surface area (Å²) in [6.07, 6.45) is 0. The molecule has 0 aliphatic carbocycles. The standard InChI is InChI=1S/C20H17N5O/c21-12-13-4-6-14(7-5-13)15-2-1-3-17(10-15)24-19-11-16(20(23)25-26)8-9-18(19)22/h1-11,24,26H,22H2,(H2,23,25). The van der Waals surface area contributed by atoms with Gasteiger partial charge in [0.1, 0.15) is 0 Å². The number of amidine groups is 1. The van der Waals surface area contributed by atoms with Crippen LogP contribution in [0.15, 0.2) is 71.9 Å². The zero-order valence-electron chi connectivity index (χ0n) is 13.8. The SMILES string of the molecule is N#Cc1ccc(-c2cccc(Nc3cc(C(N)=NO)ccc3N)c2)cc1. The van der Waals surface area contributed by atoms with Crippen LogP contribution in [0.2, 0.25) is 0 Å². The molecule has 26 heavy (non-hydrogen) atoms. The first kappa shape index (κ1) is 16.9. The number of benzene rings is 3. The number of nitrogens with zero attached hydrogens (tertiary/aromatic N) is 2. The first-order chi connectivity index (χ1) is 12.6. The predicted molar refractivity (Wildman–Crippen MR) is 103 cm³/mol. The second kappa shape index (κ2) is 7.28. The van der Waals surface area contributed by atoms with Crippen molar-refractivity contribution in [1.29, 1.82) is 5.26 Å². The summed E-state index contributed by atoms with van der Waals surface area (Å²) in [6.45, 7) is 0. The fraction of sp³-hybridized carbons (Fsp3) is 0. The minimum absolute atomic E-state index is 0.0133. The molecule has 3 aromatic carbocycles. The monoisotopic (exact) mass is 343 g/mol. The fourth-order valence-electron chi connectivity index (χ4n) is 2.55. The highest BCUT2D eigenvalue weighted by molar-refractivity contribution is 5.99. The zero-order valence-corrected chi connectivity index (χ0v) is 13.8. The number of nitrogen functional groups attached to an aromatic ring is 1. The number of anilines is 3. The summed E-state index contributed by atoms with van der Waals surface area (Å²) in [5, 5.41) is 24.0. The molecule has 0 fully saturated rings. The number of rotatable bonds is 4. The maximum atomic E-state index is 8.91. The Bertz CT molecular complexity index is 1000. The van der Waals surface area contributed by atoms with E-state index in [1.807, 2.05) is 36.4 Å². The van der Waals surface area contributed by atoms with Crippen molar-refractivity contribution in [1.82, 2.24) is 0 Å². The van der Waals surface area contributed by atoms with E-state index in [0.717, 1.165) is 16.8 Å². The van der Waals surface area contributed by atoms with Crippen LogP contribution < -0.4 is 16.8 Å². The summed E-state index contributed by atoms with van der Waals surface area (Å²) in [6, 6.07) is 22.4. The van der Waals surface area contributed by atoms with Crippen LogP contribution in [-0.4, -0.2) is 11.0 Å². The van der Waals surface area contributed by atoms with Gasteiger partial charge in [0.15, 0.2) is 5.84 Å². The lowest BCUT2D eigenvalue weighted by Gasteiger charge is -2.12. The van der Waals surface area contributed by atoms with Crippen molar-refractivity contribution in [2.45, 2.75) is 0 Å². The lowest BCUT2D eigenvalue weighted by Crippen LogP contribution is -2.13. The normalized spacial score (nSPS) is 11.0. The Hall–Kier alpha value is -3.98. The van der Waals surface area contributed by atoms with Crippen LogP contribution in [0.3, 0.4) is 0 Å². The lowest BCUT2D eigenvalue weighted by atomic mass is 10.0. The average molecular weight is 343 g/mol. The van der Waals surface area contributed by atoms with Gasteiger partial charge < -0.3 is 22.0 Å². The largest absolute Gasteiger partial charge is 0.409 e. The van der Waals surface area contributed by atoms with Crippen molar-refractivity contribution >= 4 is 22.9 Å². The van der Waals surface area contributed by atoms with Crippen molar-refractivity contribution < 1.29 is 5.21 Å². The van der Waals surface area contributed by atoms with Crippen molar-refractivity contribution in [2.24, 2.45) is 10.9 Å². The summed E-state index contributed by atoms with van der Waals surface area (Å²) in [5.41, 5.74) is 16.9. The molecule has 0 heterocycles. The van der Waals surface area contributed by atoms with Gasteiger partial charge in [0.2, 0.25) is 0 Å². The molecular formula is C20H17N5O. The van der Waals surface area contributed by atoms with Gasteiger partial charge in [-0.05, 0) is 53.6 Å². The van der Waals surface area contributed by atoms with E-state index in [-0.39, 0.29) is 5.84 Å². The van der Waals surface area contributed by atoms with Crippen molar-refractivity contribution in [3.8, 4) is 17.2 Å². The van der Waals surface area contributed by atoms with E-state index in [9.17, 15) is 0 Å². The van der Waals surface area contributed by atoms with Gasteiger partial charge in [-0.25, -0.2) is 0 Å². The molecule has 128 valence electrons. The van der Waals surface area contributed by atoms with Crippen LogP contribution in [0.5, 0.6) is 0 Å². The van der Waals surface area contributed by atoms with E-state index in [1.165, 1.54) is 0 Å². The van der Waals surface area contributed by atoms with E-state index in [4.69, 9.17) is 21.9 Å². The maximum absolute atomic E-state index is 8.91. The van der Waals surface area contributed by atoms with Gasteiger partial charge in [-0.15, -0.1) is 0 Å². The van der Waals surface area contributed by atoms with Crippen LogP contribution in [-0.2, 0) is 0 Å². The quantitative estimate of drug-likeness (QED) is 0.189. The van der Waals surface area contributed by atoms with Crippen molar-refractivity contribution in [2.75, 3.05) is 11.1 Å². The van der Waals surface area contributed by atoms with Gasteiger partial charge in [-0.3, -0.25) is 0 Å². The summed E-state index contributed by atoms with van der Waals surface area (Å²) in [5.74, 6) is 0.0133. The van der Waals surface area contributed by atoms with Crippen LogP contribution in [0.1, 0.15) is 11.1 Å². The Labute approximate surface area is 151 Å². The summed E-state index contributed by atoms with van der Waals surface area (Å²) < 4.78 is 0. The third-order valence-corrected chi connectivity index (χ3v) is 3.95. The molecule has 0 bridgehead atoms. The smallest absolute Gasteiger partial charge is 0.170 e. The molecule has 0 unspecified atom stereocenters. The van der Waals surface area contributed by atoms with E-state index in [2.05, 4.69) is 16.5 Å². The molecule has 0 aliphatic rings.